The topological polar surface area (TPSA) is 68.3 Å². The summed E-state index contributed by atoms with van der Waals surface area (Å²) in [6.07, 6.45) is 1.50. The van der Waals surface area contributed by atoms with Crippen LogP contribution in [0.25, 0.3) is 6.08 Å². The summed E-state index contributed by atoms with van der Waals surface area (Å²) in [7, 11) is -7.53. The quantitative estimate of drug-likeness (QED) is 0.572. The summed E-state index contributed by atoms with van der Waals surface area (Å²) in [5.74, 6) is 0.167. The van der Waals surface area contributed by atoms with Gasteiger partial charge in [-0.15, -0.1) is 0 Å². The standard InChI is InChI=1S/C20H22O4S2.CH3.Y/c1-4-25(21,22)20-18-8-6-5-7-16(18)13-19(20)26(23,24)17-11-9-15(10-12-17)14(2)3;;/h5-14,20H,4H2,1-3H3;1H3;/q;-1;. The first kappa shape index (κ1) is 25.2. The number of hydrogen-bond acceptors (Lipinski definition) is 4. The molecule has 0 amide bonds. The molecule has 2 aromatic carbocycles. The Bertz CT molecular complexity index is 1070. The van der Waals surface area contributed by atoms with Crippen LogP contribution in [-0.2, 0) is 52.4 Å². The molecule has 1 atom stereocenters. The molecule has 1 unspecified atom stereocenters. The Morgan fingerprint density at radius 2 is 1.50 bits per heavy atom. The first-order valence-corrected chi connectivity index (χ1v) is 11.8. The predicted molar refractivity (Wildman–Crippen MR) is 111 cm³/mol. The van der Waals surface area contributed by atoms with Gasteiger partial charge in [-0.25, -0.2) is 16.8 Å². The van der Waals surface area contributed by atoms with Crippen LogP contribution in [-0.4, -0.2) is 22.6 Å². The minimum atomic E-state index is -3.91. The molecule has 0 fully saturated rings. The van der Waals surface area contributed by atoms with Crippen molar-refractivity contribution < 1.29 is 49.5 Å². The maximum atomic E-state index is 13.2. The van der Waals surface area contributed by atoms with E-state index in [-0.39, 0.29) is 61.6 Å². The average Bonchev–Trinajstić information content (AvgIpc) is 3.03. The molecule has 2 aromatic rings. The van der Waals surface area contributed by atoms with Crippen LogP contribution in [0, 0.1) is 7.43 Å². The van der Waals surface area contributed by atoms with Crippen LogP contribution < -0.4 is 0 Å². The molecule has 0 aliphatic heterocycles. The number of benzene rings is 2. The minimum Gasteiger partial charge on any atom is -0.358 e. The molecule has 4 nitrogen and oxygen atoms in total. The molecule has 0 N–H and O–H groups in total. The fraction of sp³-hybridized carbons (Fsp3) is 0.286. The molecule has 0 heterocycles. The first-order chi connectivity index (χ1) is 12.2. The van der Waals surface area contributed by atoms with Gasteiger partial charge in [-0.05, 0) is 40.8 Å². The second-order valence-electron chi connectivity index (χ2n) is 6.73. The molecule has 0 bridgehead atoms. The van der Waals surface area contributed by atoms with E-state index in [1.165, 1.54) is 13.0 Å². The number of fused-ring (bicyclic) bond motifs is 1. The van der Waals surface area contributed by atoms with Crippen molar-refractivity contribution in [1.29, 1.82) is 0 Å². The summed E-state index contributed by atoms with van der Waals surface area (Å²) < 4.78 is 51.8. The van der Waals surface area contributed by atoms with Gasteiger partial charge in [0, 0.05) is 38.5 Å². The summed E-state index contributed by atoms with van der Waals surface area (Å²) in [6.45, 7) is 5.60. The van der Waals surface area contributed by atoms with Crippen LogP contribution in [0.15, 0.2) is 58.3 Å². The van der Waals surface area contributed by atoms with Gasteiger partial charge in [0.05, 0.1) is 9.80 Å². The summed E-state index contributed by atoms with van der Waals surface area (Å²) in [4.78, 5) is 0.0649. The van der Waals surface area contributed by atoms with Gasteiger partial charge in [-0.1, -0.05) is 57.2 Å². The smallest absolute Gasteiger partial charge is 0.204 e. The zero-order chi connectivity index (χ0) is 19.1. The van der Waals surface area contributed by atoms with E-state index in [4.69, 9.17) is 0 Å². The second kappa shape index (κ2) is 9.33. The van der Waals surface area contributed by atoms with Crippen molar-refractivity contribution in [2.45, 2.75) is 36.8 Å². The molecule has 0 aromatic heterocycles. The maximum absolute atomic E-state index is 13.2. The molecule has 1 radical (unpaired) electrons. The van der Waals surface area contributed by atoms with E-state index in [0.717, 1.165) is 5.56 Å². The van der Waals surface area contributed by atoms with Crippen LogP contribution in [0.1, 0.15) is 48.6 Å². The van der Waals surface area contributed by atoms with Crippen LogP contribution in [0.3, 0.4) is 0 Å². The van der Waals surface area contributed by atoms with Gasteiger partial charge in [0.1, 0.15) is 5.25 Å². The summed E-state index contributed by atoms with van der Waals surface area (Å²) >= 11 is 0. The van der Waals surface area contributed by atoms with Gasteiger partial charge < -0.3 is 7.43 Å². The monoisotopic (exact) mass is 494 g/mol. The Labute approximate surface area is 194 Å². The van der Waals surface area contributed by atoms with Crippen LogP contribution in [0.5, 0.6) is 0 Å². The Morgan fingerprint density at radius 3 is 2.04 bits per heavy atom. The number of rotatable bonds is 5. The SMILES string of the molecule is CCS(=O)(=O)C1C(S(=O)(=O)c2ccc(C(C)C)cc2)=Cc2ccccc21.[CH3-].[Y]. The fourth-order valence-corrected chi connectivity index (χ4v) is 6.82. The number of sulfone groups is 2. The molecule has 28 heavy (non-hydrogen) atoms. The van der Waals surface area contributed by atoms with E-state index in [1.807, 2.05) is 13.8 Å². The van der Waals surface area contributed by atoms with Gasteiger partial charge >= 0.3 is 0 Å². The fourth-order valence-electron chi connectivity index (χ4n) is 3.19. The molecule has 0 saturated carbocycles. The molecule has 3 rings (SSSR count). The zero-order valence-corrected chi connectivity index (χ0v) is 21.1. The molecular weight excluding hydrogens is 469 g/mol. The molecule has 0 saturated heterocycles. The predicted octanol–water partition coefficient (Wildman–Crippen LogP) is 4.56. The van der Waals surface area contributed by atoms with Crippen molar-refractivity contribution in [1.82, 2.24) is 0 Å². The molecule has 0 spiro atoms. The Hall–Kier alpha value is -0.816. The van der Waals surface area contributed by atoms with Crippen LogP contribution >= 0.6 is 0 Å². The van der Waals surface area contributed by atoms with Crippen molar-refractivity contribution in [2.24, 2.45) is 0 Å². The van der Waals surface area contributed by atoms with Crippen molar-refractivity contribution in [3.8, 4) is 0 Å². The first-order valence-electron chi connectivity index (χ1n) is 8.55. The summed E-state index contributed by atoms with van der Waals surface area (Å²) in [6, 6.07) is 13.6. The number of hydrogen-bond donors (Lipinski definition) is 0. The van der Waals surface area contributed by atoms with E-state index < -0.39 is 24.9 Å². The van der Waals surface area contributed by atoms with Crippen molar-refractivity contribution in [3.63, 3.8) is 0 Å². The van der Waals surface area contributed by atoms with Gasteiger partial charge in [0.2, 0.25) is 9.84 Å². The molecule has 1 aliphatic carbocycles. The van der Waals surface area contributed by atoms with E-state index in [9.17, 15) is 16.8 Å². The Balaban J connectivity index is 0.00000196. The van der Waals surface area contributed by atoms with E-state index >= 15 is 0 Å². The largest absolute Gasteiger partial charge is 0.358 e. The Morgan fingerprint density at radius 1 is 0.929 bits per heavy atom. The molecule has 7 heteroatoms. The van der Waals surface area contributed by atoms with Crippen molar-refractivity contribution >= 4 is 25.8 Å². The van der Waals surface area contributed by atoms with E-state index in [1.54, 1.807) is 48.5 Å². The molecule has 149 valence electrons. The average molecular weight is 494 g/mol. The van der Waals surface area contributed by atoms with Gasteiger partial charge in [0.15, 0.2) is 9.84 Å². The van der Waals surface area contributed by atoms with Gasteiger partial charge in [-0.3, -0.25) is 0 Å². The van der Waals surface area contributed by atoms with Crippen molar-refractivity contribution in [2.75, 3.05) is 5.75 Å². The molecule has 1 aliphatic rings. The van der Waals surface area contributed by atoms with Crippen LogP contribution in [0.4, 0.5) is 0 Å². The van der Waals surface area contributed by atoms with E-state index in [0.29, 0.717) is 11.1 Å². The maximum Gasteiger partial charge on any atom is 0.204 e. The third-order valence-electron chi connectivity index (χ3n) is 4.76. The third-order valence-corrected chi connectivity index (χ3v) is 8.81. The third kappa shape index (κ3) is 4.50. The second-order valence-corrected chi connectivity index (χ2v) is 11.1. The Kier molecular flexibility index (Phi) is 8.41. The minimum absolute atomic E-state index is 0. The molecular formula is C21H25O4S2Y-. The van der Waals surface area contributed by atoms with Crippen LogP contribution in [0.2, 0.25) is 0 Å². The normalized spacial score (nSPS) is 16.0. The summed E-state index contributed by atoms with van der Waals surface area (Å²) in [5, 5.41) is -1.14. The van der Waals surface area contributed by atoms with E-state index in [2.05, 4.69) is 0 Å². The summed E-state index contributed by atoms with van der Waals surface area (Å²) in [5.41, 5.74) is 2.21. The zero-order valence-electron chi connectivity index (χ0n) is 16.6. The van der Waals surface area contributed by atoms with Gasteiger partial charge in [0.25, 0.3) is 0 Å². The van der Waals surface area contributed by atoms with Gasteiger partial charge in [-0.2, -0.15) is 0 Å². The van der Waals surface area contributed by atoms with Crippen molar-refractivity contribution in [3.05, 3.63) is 77.6 Å².